The van der Waals surface area contributed by atoms with Gasteiger partial charge in [0.25, 0.3) is 0 Å². The average Bonchev–Trinajstić information content (AvgIpc) is 1.87. The fourth-order valence-corrected chi connectivity index (χ4v) is 0.980. The summed E-state index contributed by atoms with van der Waals surface area (Å²) in [6.45, 7) is 3.26. The molecule has 0 aromatic carbocycles. The minimum atomic E-state index is -2.83. The van der Waals surface area contributed by atoms with E-state index in [4.69, 9.17) is 9.11 Å². The van der Waals surface area contributed by atoms with Crippen molar-refractivity contribution in [2.24, 2.45) is 0 Å². The summed E-state index contributed by atoms with van der Waals surface area (Å²) >= 11 is 0. The van der Waals surface area contributed by atoms with Gasteiger partial charge >= 0.3 is 0 Å². The Hall–Kier alpha value is -0.260. The van der Waals surface area contributed by atoms with Crippen molar-refractivity contribution in [1.29, 1.82) is 0 Å². The molecule has 0 aromatic heterocycles. The Kier molecular flexibility index (Phi) is 3.70. The van der Waals surface area contributed by atoms with Gasteiger partial charge in [0.1, 0.15) is 0 Å². The van der Waals surface area contributed by atoms with E-state index in [1.165, 1.54) is 0 Å². The van der Waals surface area contributed by atoms with Gasteiger partial charge in [0, 0.05) is 6.42 Å². The molecule has 0 aromatic rings. The van der Waals surface area contributed by atoms with Gasteiger partial charge in [-0.2, -0.15) is 0 Å². The quantitative estimate of drug-likeness (QED) is 0.591. The third-order valence-electron chi connectivity index (χ3n) is 1.00. The van der Waals surface area contributed by atoms with E-state index >= 15 is 0 Å². The van der Waals surface area contributed by atoms with Crippen molar-refractivity contribution in [3.63, 3.8) is 0 Å². The largest absolute Gasteiger partial charge is 0.282 e. The molecule has 0 radical (unpaired) electrons. The van der Waals surface area contributed by atoms with Crippen LogP contribution >= 0.6 is 10.8 Å². The molecule has 0 heterocycles. The maximum Gasteiger partial charge on any atom is 0.237 e. The second kappa shape index (κ2) is 3.80. The number of nitrogens with one attached hydrogen (secondary N) is 1. The van der Waals surface area contributed by atoms with Crippen LogP contribution in [0.25, 0.3) is 0 Å². The molecular formula is C5H13NO3S. The molecule has 1 amide bonds. The van der Waals surface area contributed by atoms with Gasteiger partial charge in [-0.25, -0.2) is 0 Å². The minimum Gasteiger partial charge on any atom is -0.282 e. The third-order valence-corrected chi connectivity index (χ3v) is 2.36. The van der Waals surface area contributed by atoms with Gasteiger partial charge in [-0.3, -0.25) is 18.6 Å². The summed E-state index contributed by atoms with van der Waals surface area (Å²) in [7, 11) is -2.83. The van der Waals surface area contributed by atoms with Crippen LogP contribution in [0.4, 0.5) is 0 Å². The summed E-state index contributed by atoms with van der Waals surface area (Å²) in [6, 6.07) is 0. The van der Waals surface area contributed by atoms with Crippen LogP contribution in [0.15, 0.2) is 0 Å². The third kappa shape index (κ3) is 3.71. The van der Waals surface area contributed by atoms with Crippen molar-refractivity contribution in [3.8, 4) is 0 Å². The van der Waals surface area contributed by atoms with E-state index in [1.54, 1.807) is 13.8 Å². The summed E-state index contributed by atoms with van der Waals surface area (Å²) in [5, 5.41) is 0. The lowest BCUT2D eigenvalue weighted by molar-refractivity contribution is -0.119. The van der Waals surface area contributed by atoms with Gasteiger partial charge in [0.15, 0.2) is 0 Å². The highest BCUT2D eigenvalue weighted by Crippen LogP contribution is 2.31. The van der Waals surface area contributed by atoms with Crippen LogP contribution in [0.2, 0.25) is 0 Å². The van der Waals surface area contributed by atoms with Gasteiger partial charge in [0.05, 0.1) is 5.75 Å². The lowest BCUT2D eigenvalue weighted by atomic mass is 10.5. The Morgan fingerprint density at radius 2 is 2.00 bits per heavy atom. The van der Waals surface area contributed by atoms with Crippen LogP contribution in [0.3, 0.4) is 0 Å². The molecule has 0 aliphatic heterocycles. The maximum atomic E-state index is 10.6. The van der Waals surface area contributed by atoms with Gasteiger partial charge < -0.3 is 0 Å². The van der Waals surface area contributed by atoms with E-state index < -0.39 is 10.8 Å². The van der Waals surface area contributed by atoms with Crippen LogP contribution in [-0.2, 0) is 4.79 Å². The second-order valence-electron chi connectivity index (χ2n) is 1.83. The Labute approximate surface area is 62.1 Å². The molecule has 0 rings (SSSR count). The Bertz CT molecular complexity index is 126. The number of amides is 1. The molecule has 4 nitrogen and oxygen atoms in total. The van der Waals surface area contributed by atoms with E-state index in [1.807, 2.05) is 0 Å². The molecular weight excluding hydrogens is 154 g/mol. The van der Waals surface area contributed by atoms with Crippen LogP contribution < -0.4 is 4.72 Å². The van der Waals surface area contributed by atoms with E-state index in [9.17, 15) is 4.79 Å². The molecule has 0 saturated heterocycles. The van der Waals surface area contributed by atoms with Crippen molar-refractivity contribution in [1.82, 2.24) is 4.72 Å². The van der Waals surface area contributed by atoms with Gasteiger partial charge in [-0.05, 0) is 6.92 Å². The Morgan fingerprint density at radius 1 is 1.50 bits per heavy atom. The number of carbonyl (C=O) groups is 1. The fourth-order valence-electron chi connectivity index (χ4n) is 0.327. The smallest absolute Gasteiger partial charge is 0.237 e. The van der Waals surface area contributed by atoms with E-state index in [0.29, 0.717) is 0 Å². The molecule has 0 aliphatic rings. The number of hydrogen-bond donors (Lipinski definition) is 3. The normalized spacial score (nSPS) is 12.8. The fraction of sp³-hybridized carbons (Fsp3) is 0.800. The van der Waals surface area contributed by atoms with Gasteiger partial charge in [-0.15, -0.1) is 10.8 Å². The Balaban J connectivity index is 3.76. The van der Waals surface area contributed by atoms with Crippen LogP contribution in [0.5, 0.6) is 0 Å². The van der Waals surface area contributed by atoms with Crippen molar-refractivity contribution in [3.05, 3.63) is 0 Å². The van der Waals surface area contributed by atoms with Crippen LogP contribution in [-0.4, -0.2) is 20.8 Å². The predicted molar refractivity (Wildman–Crippen MR) is 41.8 cm³/mol. The molecule has 5 heteroatoms. The summed E-state index contributed by atoms with van der Waals surface area (Å²) in [5.74, 6) is -0.166. The lowest BCUT2D eigenvalue weighted by Crippen LogP contribution is -2.27. The van der Waals surface area contributed by atoms with Crippen LogP contribution in [0.1, 0.15) is 20.3 Å². The zero-order valence-corrected chi connectivity index (χ0v) is 6.94. The highest BCUT2D eigenvalue weighted by molar-refractivity contribution is 8.23. The summed E-state index contributed by atoms with van der Waals surface area (Å²) in [6.07, 6.45) is 0.274. The van der Waals surface area contributed by atoms with Gasteiger partial charge in [0.2, 0.25) is 5.91 Å². The molecule has 0 fully saturated rings. The zero-order valence-electron chi connectivity index (χ0n) is 6.13. The van der Waals surface area contributed by atoms with E-state index in [-0.39, 0.29) is 18.1 Å². The molecule has 62 valence electrons. The first-order chi connectivity index (χ1) is 4.52. The number of hydrogen-bond acceptors (Lipinski definition) is 3. The first-order valence-electron chi connectivity index (χ1n) is 3.08. The van der Waals surface area contributed by atoms with E-state index in [2.05, 4.69) is 4.72 Å². The minimum absolute atomic E-state index is 0.165. The van der Waals surface area contributed by atoms with E-state index in [0.717, 1.165) is 0 Å². The first-order valence-corrected chi connectivity index (χ1v) is 4.80. The lowest BCUT2D eigenvalue weighted by Gasteiger charge is -2.30. The number of carbonyl (C=O) groups excluding carboxylic acids is 1. The van der Waals surface area contributed by atoms with Crippen molar-refractivity contribution in [2.75, 3.05) is 5.75 Å². The topological polar surface area (TPSA) is 69.6 Å². The molecule has 3 N–H and O–H groups in total. The summed E-state index contributed by atoms with van der Waals surface area (Å²) in [5.41, 5.74) is 0. The molecule has 0 saturated carbocycles. The zero-order chi connectivity index (χ0) is 8.20. The first kappa shape index (κ1) is 9.74. The highest BCUT2D eigenvalue weighted by Gasteiger charge is 2.10. The summed E-state index contributed by atoms with van der Waals surface area (Å²) in [4.78, 5) is 10.6. The molecule has 0 bridgehead atoms. The average molecular weight is 167 g/mol. The summed E-state index contributed by atoms with van der Waals surface area (Å²) < 4.78 is 20.0. The standard InChI is InChI=1S/C5H13NO3S/c1-3-5(7)6-10(8,9)4-2/h8-9H,3-4H2,1-2H3,(H,6,7). The highest BCUT2D eigenvalue weighted by atomic mass is 32.3. The van der Waals surface area contributed by atoms with Crippen molar-refractivity contribution < 1.29 is 13.9 Å². The van der Waals surface area contributed by atoms with Crippen molar-refractivity contribution in [2.45, 2.75) is 20.3 Å². The molecule has 0 spiro atoms. The molecule has 0 aliphatic carbocycles. The number of rotatable bonds is 3. The SMILES string of the molecule is CCC(=O)NS(O)(O)CC. The maximum absolute atomic E-state index is 10.6. The second-order valence-corrected chi connectivity index (χ2v) is 3.95. The molecule has 10 heavy (non-hydrogen) atoms. The predicted octanol–water partition coefficient (Wildman–Crippen LogP) is 1.20. The van der Waals surface area contributed by atoms with Crippen molar-refractivity contribution >= 4 is 16.7 Å². The monoisotopic (exact) mass is 167 g/mol. The molecule has 0 atom stereocenters. The Morgan fingerprint density at radius 3 is 2.30 bits per heavy atom. The molecule has 0 unspecified atom stereocenters. The van der Waals surface area contributed by atoms with Crippen LogP contribution in [0, 0.1) is 0 Å². The van der Waals surface area contributed by atoms with Gasteiger partial charge in [-0.1, -0.05) is 6.92 Å².